The van der Waals surface area contributed by atoms with Crippen molar-refractivity contribution in [2.45, 2.75) is 70.7 Å². The van der Waals surface area contributed by atoms with Crippen molar-refractivity contribution in [1.29, 1.82) is 0 Å². The third kappa shape index (κ3) is 7.84. The number of aromatic nitrogens is 1. The number of aliphatic carboxylic acids is 1. The van der Waals surface area contributed by atoms with Gasteiger partial charge in [0.25, 0.3) is 5.56 Å². The fraction of sp³-hybridized carbons (Fsp3) is 0.500. The zero-order valence-electron chi connectivity index (χ0n) is 23.4. The Labute approximate surface area is 230 Å². The van der Waals surface area contributed by atoms with Crippen LogP contribution >= 0.6 is 11.8 Å². The van der Waals surface area contributed by atoms with Gasteiger partial charge in [0.2, 0.25) is 5.91 Å². The first-order valence-electron chi connectivity index (χ1n) is 13.2. The van der Waals surface area contributed by atoms with E-state index in [0.717, 1.165) is 24.1 Å². The molecule has 0 radical (unpaired) electrons. The summed E-state index contributed by atoms with van der Waals surface area (Å²) in [6.07, 6.45) is 3.39. The molecule has 1 aliphatic rings. The monoisotopic (exact) mass is 539 g/mol. The molecule has 3 rings (SSSR count). The van der Waals surface area contributed by atoms with Crippen molar-refractivity contribution >= 4 is 23.6 Å². The number of amides is 1. The molecule has 0 bridgehead atoms. The fourth-order valence-corrected chi connectivity index (χ4v) is 6.41. The number of nitrogens with zero attached hydrogens (tertiary/aromatic N) is 2. The maximum atomic E-state index is 13.6. The number of carbonyl (C=O) groups excluding carboxylic acids is 1. The molecule has 3 atom stereocenters. The normalized spacial score (nSPS) is 16.9. The summed E-state index contributed by atoms with van der Waals surface area (Å²) in [5, 5.41) is 14.9. The van der Waals surface area contributed by atoms with E-state index in [1.165, 1.54) is 21.3 Å². The quantitative estimate of drug-likeness (QED) is 0.400. The van der Waals surface area contributed by atoms with Gasteiger partial charge in [-0.1, -0.05) is 32.0 Å². The van der Waals surface area contributed by atoms with Crippen molar-refractivity contribution in [1.82, 2.24) is 14.8 Å². The first kappa shape index (κ1) is 29.7. The van der Waals surface area contributed by atoms with Crippen LogP contribution in [0.2, 0.25) is 0 Å². The van der Waals surface area contributed by atoms with Crippen molar-refractivity contribution in [3.05, 3.63) is 80.1 Å². The van der Waals surface area contributed by atoms with Gasteiger partial charge in [-0.05, 0) is 92.4 Å². The summed E-state index contributed by atoms with van der Waals surface area (Å²) >= 11 is 1.68. The molecular formula is C30H41N3O4S. The standard InChI is InChI=1S/C30H41N3O4S/c1-19(2)14-25(33-13-11-22(15-27(33)34)10-12-32(5)6)30(37)31-24(17-28(35)36)23-16-26(38-18-23)29-20(3)8-7-9-21(29)4/h7-9,11,13,15,18-19,24-26H,10,12,14,16-17H2,1-6H3,(H,31,37)(H,35,36). The summed E-state index contributed by atoms with van der Waals surface area (Å²) in [6, 6.07) is 8.38. The molecule has 3 unspecified atom stereocenters. The Hall–Kier alpha value is -2.84. The SMILES string of the molecule is Cc1cccc(C)c1C1CC(C(CC(=O)O)NC(=O)C(CC(C)C)n2ccc(CCN(C)C)cc2=O)=CS1. The molecule has 0 spiro atoms. The third-order valence-electron chi connectivity index (χ3n) is 7.01. The van der Waals surface area contributed by atoms with Gasteiger partial charge in [0.15, 0.2) is 0 Å². The second kappa shape index (κ2) is 13.3. The molecule has 2 heterocycles. The summed E-state index contributed by atoms with van der Waals surface area (Å²) in [4.78, 5) is 40.5. The largest absolute Gasteiger partial charge is 0.481 e. The van der Waals surface area contributed by atoms with Gasteiger partial charge in [-0.15, -0.1) is 11.8 Å². The van der Waals surface area contributed by atoms with E-state index in [4.69, 9.17) is 0 Å². The van der Waals surface area contributed by atoms with Gasteiger partial charge in [-0.3, -0.25) is 14.4 Å². The van der Waals surface area contributed by atoms with E-state index >= 15 is 0 Å². The van der Waals surface area contributed by atoms with E-state index in [-0.39, 0.29) is 29.1 Å². The molecule has 2 N–H and O–H groups in total. The first-order valence-corrected chi connectivity index (χ1v) is 14.2. The molecule has 0 saturated heterocycles. The van der Waals surface area contributed by atoms with Crippen LogP contribution in [0.25, 0.3) is 0 Å². The van der Waals surface area contributed by atoms with Crippen molar-refractivity contribution < 1.29 is 14.7 Å². The summed E-state index contributed by atoms with van der Waals surface area (Å²) in [7, 11) is 3.97. The summed E-state index contributed by atoms with van der Waals surface area (Å²) in [5.74, 6) is -1.13. The van der Waals surface area contributed by atoms with Crippen LogP contribution in [0.4, 0.5) is 0 Å². The highest BCUT2D eigenvalue weighted by atomic mass is 32.2. The average Bonchev–Trinajstić information content (AvgIpc) is 3.30. The highest BCUT2D eigenvalue weighted by Gasteiger charge is 2.31. The van der Waals surface area contributed by atoms with Gasteiger partial charge in [0, 0.05) is 24.1 Å². The number of benzene rings is 1. The number of carboxylic acids is 1. The van der Waals surface area contributed by atoms with Crippen LogP contribution in [-0.4, -0.2) is 53.1 Å². The van der Waals surface area contributed by atoms with E-state index < -0.39 is 18.1 Å². The molecule has 38 heavy (non-hydrogen) atoms. The van der Waals surface area contributed by atoms with E-state index in [1.54, 1.807) is 24.0 Å². The smallest absolute Gasteiger partial charge is 0.305 e. The summed E-state index contributed by atoms with van der Waals surface area (Å²) in [6.45, 7) is 9.04. The van der Waals surface area contributed by atoms with E-state index in [2.05, 4.69) is 36.2 Å². The molecule has 206 valence electrons. The zero-order valence-corrected chi connectivity index (χ0v) is 24.2. The minimum atomic E-state index is -0.973. The Kier molecular flexibility index (Phi) is 10.4. The van der Waals surface area contributed by atoms with Crippen molar-refractivity contribution in [2.24, 2.45) is 5.92 Å². The Balaban J connectivity index is 1.82. The molecule has 8 heteroatoms. The van der Waals surface area contributed by atoms with Crippen LogP contribution in [0, 0.1) is 19.8 Å². The average molecular weight is 540 g/mol. The molecule has 1 aromatic heterocycles. The summed E-state index contributed by atoms with van der Waals surface area (Å²) in [5.41, 5.74) is 5.30. The predicted molar refractivity (Wildman–Crippen MR) is 155 cm³/mol. The summed E-state index contributed by atoms with van der Waals surface area (Å²) < 4.78 is 1.49. The lowest BCUT2D eigenvalue weighted by Crippen LogP contribution is -2.44. The zero-order chi connectivity index (χ0) is 28.0. The predicted octanol–water partition coefficient (Wildman–Crippen LogP) is 4.88. The highest BCUT2D eigenvalue weighted by molar-refractivity contribution is 8.02. The van der Waals surface area contributed by atoms with Crippen LogP contribution in [0.1, 0.15) is 66.7 Å². The van der Waals surface area contributed by atoms with E-state index in [9.17, 15) is 19.5 Å². The number of nitrogens with one attached hydrogen (secondary N) is 1. The van der Waals surface area contributed by atoms with Gasteiger partial charge in [0.05, 0.1) is 12.5 Å². The number of pyridine rings is 1. The lowest BCUT2D eigenvalue weighted by Gasteiger charge is -2.26. The van der Waals surface area contributed by atoms with Crippen LogP contribution in [0.15, 0.2) is 52.3 Å². The van der Waals surface area contributed by atoms with Crippen molar-refractivity contribution in [2.75, 3.05) is 20.6 Å². The Morgan fingerprint density at radius 1 is 1.18 bits per heavy atom. The highest BCUT2D eigenvalue weighted by Crippen LogP contribution is 2.45. The van der Waals surface area contributed by atoms with Gasteiger partial charge >= 0.3 is 5.97 Å². The molecule has 0 aliphatic carbocycles. The number of carbonyl (C=O) groups is 2. The van der Waals surface area contributed by atoms with Gasteiger partial charge in [0.1, 0.15) is 6.04 Å². The maximum absolute atomic E-state index is 13.6. The lowest BCUT2D eigenvalue weighted by atomic mass is 9.93. The lowest BCUT2D eigenvalue weighted by molar-refractivity contribution is -0.137. The Morgan fingerprint density at radius 2 is 1.87 bits per heavy atom. The second-order valence-electron chi connectivity index (χ2n) is 11.0. The number of rotatable bonds is 12. The van der Waals surface area contributed by atoms with Gasteiger partial charge in [-0.2, -0.15) is 0 Å². The van der Waals surface area contributed by atoms with Crippen LogP contribution < -0.4 is 10.9 Å². The number of likely N-dealkylation sites (N-methyl/N-ethyl adjacent to an activating group) is 1. The Morgan fingerprint density at radius 3 is 2.45 bits per heavy atom. The molecule has 1 amide bonds. The van der Waals surface area contributed by atoms with Crippen LogP contribution in [-0.2, 0) is 16.0 Å². The van der Waals surface area contributed by atoms with Gasteiger partial charge < -0.3 is 19.9 Å². The van der Waals surface area contributed by atoms with E-state index in [1.807, 2.05) is 45.5 Å². The molecule has 0 saturated carbocycles. The molecule has 1 aromatic carbocycles. The van der Waals surface area contributed by atoms with Gasteiger partial charge in [-0.25, -0.2) is 0 Å². The molecule has 2 aromatic rings. The number of carboxylic acid groups (broad SMARTS) is 1. The minimum absolute atomic E-state index is 0.165. The van der Waals surface area contributed by atoms with Crippen molar-refractivity contribution in [3.63, 3.8) is 0 Å². The number of thioether (sulfide) groups is 1. The topological polar surface area (TPSA) is 91.6 Å². The third-order valence-corrected chi connectivity index (χ3v) is 8.17. The maximum Gasteiger partial charge on any atom is 0.305 e. The van der Waals surface area contributed by atoms with Crippen LogP contribution in [0.3, 0.4) is 0 Å². The molecule has 1 aliphatic heterocycles. The number of hydrogen-bond acceptors (Lipinski definition) is 5. The first-order chi connectivity index (χ1) is 18.0. The number of aryl methyl sites for hydroxylation is 2. The fourth-order valence-electron chi connectivity index (χ4n) is 5.02. The Bertz CT molecular complexity index is 1210. The second-order valence-corrected chi connectivity index (χ2v) is 12.0. The molecular weight excluding hydrogens is 498 g/mol. The van der Waals surface area contributed by atoms with Crippen LogP contribution in [0.5, 0.6) is 0 Å². The number of hydrogen-bond donors (Lipinski definition) is 2. The van der Waals surface area contributed by atoms with Crippen molar-refractivity contribution in [3.8, 4) is 0 Å². The molecule has 0 fully saturated rings. The minimum Gasteiger partial charge on any atom is -0.481 e. The van der Waals surface area contributed by atoms with E-state index in [0.29, 0.717) is 12.8 Å². The molecule has 7 nitrogen and oxygen atoms in total.